The molecule has 0 radical (unpaired) electrons. The van der Waals surface area contributed by atoms with Crippen molar-refractivity contribution in [1.29, 1.82) is 0 Å². The van der Waals surface area contributed by atoms with E-state index < -0.39 is 10.0 Å². The maximum Gasteiger partial charge on any atom is 0.246 e. The lowest BCUT2D eigenvalue weighted by Crippen LogP contribution is -2.42. The monoisotopic (exact) mass is 320 g/mol. The summed E-state index contributed by atoms with van der Waals surface area (Å²) in [7, 11) is -2.02. The highest BCUT2D eigenvalue weighted by molar-refractivity contribution is 7.89. The van der Waals surface area contributed by atoms with Crippen molar-refractivity contribution in [3.05, 3.63) is 24.3 Å². The molecule has 114 valence electrons. The molecule has 1 aromatic rings. The van der Waals surface area contributed by atoms with Crippen molar-refractivity contribution < 1.29 is 13.2 Å². The van der Waals surface area contributed by atoms with E-state index in [0.717, 1.165) is 12.8 Å². The van der Waals surface area contributed by atoms with Crippen LogP contribution in [-0.4, -0.2) is 39.5 Å². The maximum atomic E-state index is 12.6. The van der Waals surface area contributed by atoms with E-state index in [2.05, 4.69) is 0 Å². The van der Waals surface area contributed by atoms with Crippen LogP contribution in [0.2, 0.25) is 0 Å². The zero-order valence-corrected chi connectivity index (χ0v) is 13.1. The molecule has 1 heterocycles. The Balaban J connectivity index is 0.00000200. The third kappa shape index (κ3) is 3.44. The van der Waals surface area contributed by atoms with E-state index in [1.54, 1.807) is 24.3 Å². The first kappa shape index (κ1) is 17.2. The molecular weight excluding hydrogens is 300 g/mol. The summed E-state index contributed by atoms with van der Waals surface area (Å²) in [5.41, 5.74) is 5.66. The summed E-state index contributed by atoms with van der Waals surface area (Å²) in [5, 5.41) is 0. The Morgan fingerprint density at radius 2 is 2.10 bits per heavy atom. The van der Waals surface area contributed by atoms with Gasteiger partial charge >= 0.3 is 0 Å². The van der Waals surface area contributed by atoms with Gasteiger partial charge in [-0.2, -0.15) is 4.31 Å². The average Bonchev–Trinajstić information content (AvgIpc) is 2.47. The van der Waals surface area contributed by atoms with Crippen LogP contribution in [0.25, 0.3) is 0 Å². The fourth-order valence-electron chi connectivity index (χ4n) is 2.41. The molecule has 1 atom stereocenters. The average molecular weight is 321 g/mol. The minimum atomic E-state index is -3.50. The van der Waals surface area contributed by atoms with Gasteiger partial charge in [-0.3, -0.25) is 0 Å². The van der Waals surface area contributed by atoms with E-state index in [1.807, 2.05) is 0 Å². The van der Waals surface area contributed by atoms with Crippen molar-refractivity contribution in [3.8, 4) is 5.75 Å². The molecule has 1 saturated heterocycles. The molecule has 5 nitrogen and oxygen atoms in total. The molecule has 0 aromatic heterocycles. The number of sulfonamides is 1. The molecule has 7 heteroatoms. The van der Waals surface area contributed by atoms with Crippen LogP contribution < -0.4 is 10.5 Å². The van der Waals surface area contributed by atoms with Crippen molar-refractivity contribution in [2.24, 2.45) is 11.7 Å². The third-order valence-electron chi connectivity index (χ3n) is 3.50. The van der Waals surface area contributed by atoms with Gasteiger partial charge in [-0.25, -0.2) is 8.42 Å². The highest BCUT2D eigenvalue weighted by Crippen LogP contribution is 2.29. The van der Waals surface area contributed by atoms with E-state index in [0.29, 0.717) is 25.4 Å². The molecular formula is C13H21ClN2O3S. The number of piperidine rings is 1. The van der Waals surface area contributed by atoms with E-state index in [1.165, 1.54) is 11.4 Å². The normalized spacial score (nSPS) is 20.2. The van der Waals surface area contributed by atoms with Crippen LogP contribution in [0.3, 0.4) is 0 Å². The summed E-state index contributed by atoms with van der Waals surface area (Å²) in [6.45, 7) is 1.58. The van der Waals surface area contributed by atoms with Crippen LogP contribution in [0.5, 0.6) is 5.75 Å². The highest BCUT2D eigenvalue weighted by Gasteiger charge is 2.31. The van der Waals surface area contributed by atoms with Crippen molar-refractivity contribution in [3.63, 3.8) is 0 Å². The van der Waals surface area contributed by atoms with Crippen LogP contribution >= 0.6 is 12.4 Å². The lowest BCUT2D eigenvalue weighted by atomic mass is 10.0. The number of nitrogens with zero attached hydrogens (tertiary/aromatic N) is 1. The number of ether oxygens (including phenoxy) is 1. The first-order chi connectivity index (χ1) is 9.09. The molecule has 2 N–H and O–H groups in total. The third-order valence-corrected chi connectivity index (χ3v) is 5.41. The number of benzene rings is 1. The zero-order chi connectivity index (χ0) is 13.9. The number of methoxy groups -OCH3 is 1. The molecule has 0 spiro atoms. The van der Waals surface area contributed by atoms with Gasteiger partial charge in [0.25, 0.3) is 0 Å². The van der Waals surface area contributed by atoms with Crippen molar-refractivity contribution in [2.45, 2.75) is 17.7 Å². The van der Waals surface area contributed by atoms with Crippen LogP contribution in [0, 0.1) is 5.92 Å². The van der Waals surface area contributed by atoms with E-state index in [9.17, 15) is 8.42 Å². The molecule has 20 heavy (non-hydrogen) atoms. The first-order valence-corrected chi connectivity index (χ1v) is 7.87. The van der Waals surface area contributed by atoms with Gasteiger partial charge in [-0.1, -0.05) is 12.1 Å². The Hall–Kier alpha value is -0.820. The van der Waals surface area contributed by atoms with E-state index in [-0.39, 0.29) is 23.2 Å². The van der Waals surface area contributed by atoms with Gasteiger partial charge in [0.15, 0.2) is 0 Å². The summed E-state index contributed by atoms with van der Waals surface area (Å²) in [5.74, 6) is 0.635. The van der Waals surface area contributed by atoms with Crippen LogP contribution in [0.4, 0.5) is 0 Å². The molecule has 1 unspecified atom stereocenters. The second-order valence-corrected chi connectivity index (χ2v) is 6.66. The Kier molecular flexibility index (Phi) is 6.26. The molecule has 0 saturated carbocycles. The molecule has 2 rings (SSSR count). The number of para-hydroxylation sites is 1. The fourth-order valence-corrected chi connectivity index (χ4v) is 4.12. The second kappa shape index (κ2) is 7.26. The van der Waals surface area contributed by atoms with Crippen LogP contribution in [0.15, 0.2) is 29.2 Å². The van der Waals surface area contributed by atoms with Crippen LogP contribution in [-0.2, 0) is 10.0 Å². The predicted molar refractivity (Wildman–Crippen MR) is 80.8 cm³/mol. The second-order valence-electron chi connectivity index (χ2n) is 4.76. The summed E-state index contributed by atoms with van der Waals surface area (Å²) < 4.78 is 31.9. The zero-order valence-electron chi connectivity index (χ0n) is 11.5. The predicted octanol–water partition coefficient (Wildman–Crippen LogP) is 1.48. The Morgan fingerprint density at radius 3 is 2.75 bits per heavy atom. The van der Waals surface area contributed by atoms with Crippen LogP contribution in [0.1, 0.15) is 12.8 Å². The number of hydrogen-bond acceptors (Lipinski definition) is 4. The summed E-state index contributed by atoms with van der Waals surface area (Å²) >= 11 is 0. The molecule has 0 amide bonds. The number of hydrogen-bond donors (Lipinski definition) is 1. The molecule has 1 aliphatic heterocycles. The van der Waals surface area contributed by atoms with Gasteiger partial charge in [0.2, 0.25) is 10.0 Å². The first-order valence-electron chi connectivity index (χ1n) is 6.43. The number of rotatable bonds is 4. The van der Waals surface area contributed by atoms with Gasteiger partial charge in [0, 0.05) is 13.1 Å². The number of halogens is 1. The lowest BCUT2D eigenvalue weighted by Gasteiger charge is -2.31. The van der Waals surface area contributed by atoms with Gasteiger partial charge in [0.05, 0.1) is 7.11 Å². The SMILES string of the molecule is COc1ccccc1S(=O)(=O)N1CCCC(CN)C1.Cl. The number of nitrogens with two attached hydrogens (primary N) is 1. The molecule has 1 aliphatic rings. The quantitative estimate of drug-likeness (QED) is 0.912. The largest absolute Gasteiger partial charge is 0.495 e. The molecule has 1 aromatic carbocycles. The fraction of sp³-hybridized carbons (Fsp3) is 0.538. The van der Waals surface area contributed by atoms with Gasteiger partial charge < -0.3 is 10.5 Å². The van der Waals surface area contributed by atoms with E-state index >= 15 is 0 Å². The van der Waals surface area contributed by atoms with Gasteiger partial charge in [-0.05, 0) is 37.4 Å². The maximum absolute atomic E-state index is 12.6. The summed E-state index contributed by atoms with van der Waals surface area (Å²) in [4.78, 5) is 0.232. The minimum absolute atomic E-state index is 0. The molecule has 0 bridgehead atoms. The van der Waals surface area contributed by atoms with Gasteiger partial charge in [0.1, 0.15) is 10.6 Å². The Morgan fingerprint density at radius 1 is 1.40 bits per heavy atom. The van der Waals surface area contributed by atoms with Crippen molar-refractivity contribution in [1.82, 2.24) is 4.31 Å². The Labute approximate surface area is 126 Å². The topological polar surface area (TPSA) is 72.6 Å². The minimum Gasteiger partial charge on any atom is -0.495 e. The Bertz CT molecular complexity index is 536. The summed E-state index contributed by atoms with van der Waals surface area (Å²) in [6, 6.07) is 6.72. The highest BCUT2D eigenvalue weighted by atomic mass is 35.5. The van der Waals surface area contributed by atoms with E-state index in [4.69, 9.17) is 10.5 Å². The molecule has 0 aliphatic carbocycles. The lowest BCUT2D eigenvalue weighted by molar-refractivity contribution is 0.270. The molecule has 1 fully saturated rings. The standard InChI is InChI=1S/C13H20N2O3S.ClH/c1-18-12-6-2-3-7-13(12)19(16,17)15-8-4-5-11(9-14)10-15;/h2-3,6-7,11H,4-5,8-10,14H2,1H3;1H. The van der Waals surface area contributed by atoms with Crippen molar-refractivity contribution in [2.75, 3.05) is 26.7 Å². The van der Waals surface area contributed by atoms with Crippen molar-refractivity contribution >= 4 is 22.4 Å². The van der Waals surface area contributed by atoms with Gasteiger partial charge in [-0.15, -0.1) is 12.4 Å². The summed E-state index contributed by atoms with van der Waals surface area (Å²) in [6.07, 6.45) is 1.85. The smallest absolute Gasteiger partial charge is 0.246 e.